The van der Waals surface area contributed by atoms with Gasteiger partial charge in [-0.1, -0.05) is 0 Å². The van der Waals surface area contributed by atoms with Crippen molar-refractivity contribution in [2.24, 2.45) is 0 Å². The minimum absolute atomic E-state index is 0.259. The van der Waals surface area contributed by atoms with Gasteiger partial charge in [0.15, 0.2) is 0 Å². The summed E-state index contributed by atoms with van der Waals surface area (Å²) >= 11 is 0. The van der Waals surface area contributed by atoms with Gasteiger partial charge >= 0.3 is 5.97 Å². The Hall–Kier alpha value is -0.973. The minimum atomic E-state index is -1.75. The van der Waals surface area contributed by atoms with E-state index < -0.39 is 14.3 Å². The molecule has 0 atom stereocenters. The van der Waals surface area contributed by atoms with Crippen LogP contribution in [-0.2, 0) is 18.7 Å². The van der Waals surface area contributed by atoms with E-state index in [1.165, 1.54) is 6.08 Å². The van der Waals surface area contributed by atoms with Gasteiger partial charge in [-0.3, -0.25) is 0 Å². The predicted octanol–water partition coefficient (Wildman–Crippen LogP) is 2.28. The zero-order valence-electron chi connectivity index (χ0n) is 10.1. The van der Waals surface area contributed by atoms with E-state index in [1.54, 1.807) is 6.92 Å². The summed E-state index contributed by atoms with van der Waals surface area (Å²) in [5.74, 6) is -0.172. The van der Waals surface area contributed by atoms with Crippen molar-refractivity contribution >= 4 is 14.3 Å². The summed E-state index contributed by atoms with van der Waals surface area (Å²) in [6.45, 7) is 10.5. The smallest absolute Gasteiger partial charge is 0.337 e. The lowest BCUT2D eigenvalue weighted by Gasteiger charge is -2.20. The van der Waals surface area contributed by atoms with Gasteiger partial charge in [-0.15, -0.1) is 0 Å². The molecule has 0 aromatic heterocycles. The SMILES string of the molecule is CCOC(=O)/C=C(\OCC)O[Si](C)(C)C. The van der Waals surface area contributed by atoms with Crippen molar-refractivity contribution in [2.75, 3.05) is 13.2 Å². The Kier molecular flexibility index (Phi) is 6.08. The number of carbonyl (C=O) groups excluding carboxylic acids is 1. The zero-order chi connectivity index (χ0) is 11.9. The largest absolute Gasteiger partial charge is 0.520 e. The van der Waals surface area contributed by atoms with Gasteiger partial charge in [-0.25, -0.2) is 4.79 Å². The summed E-state index contributed by atoms with van der Waals surface area (Å²) in [5, 5.41) is 0. The van der Waals surface area contributed by atoms with Crippen molar-refractivity contribution in [1.29, 1.82) is 0 Å². The summed E-state index contributed by atoms with van der Waals surface area (Å²) in [4.78, 5) is 11.2. The third-order valence-electron chi connectivity index (χ3n) is 1.22. The molecular formula is C10H20O4Si. The molecular weight excluding hydrogens is 212 g/mol. The van der Waals surface area contributed by atoms with Gasteiger partial charge < -0.3 is 13.9 Å². The third-order valence-corrected chi connectivity index (χ3v) is 2.03. The fourth-order valence-corrected chi connectivity index (χ4v) is 1.55. The van der Waals surface area contributed by atoms with Crippen molar-refractivity contribution in [3.63, 3.8) is 0 Å². The van der Waals surface area contributed by atoms with Crippen LogP contribution in [-0.4, -0.2) is 27.5 Å². The lowest BCUT2D eigenvalue weighted by molar-refractivity contribution is -0.137. The van der Waals surface area contributed by atoms with Crippen molar-refractivity contribution in [2.45, 2.75) is 33.5 Å². The third kappa shape index (κ3) is 8.05. The van der Waals surface area contributed by atoms with Crippen LogP contribution in [0.25, 0.3) is 0 Å². The minimum Gasteiger partial charge on any atom is -0.520 e. The molecule has 0 aromatic rings. The molecule has 0 heterocycles. The first kappa shape index (κ1) is 14.0. The highest BCUT2D eigenvalue weighted by Gasteiger charge is 2.19. The van der Waals surface area contributed by atoms with Crippen molar-refractivity contribution < 1.29 is 18.7 Å². The quantitative estimate of drug-likeness (QED) is 0.305. The van der Waals surface area contributed by atoms with Gasteiger partial charge in [-0.2, -0.15) is 0 Å². The average molecular weight is 232 g/mol. The first-order chi connectivity index (χ1) is 6.89. The normalized spacial score (nSPS) is 12.2. The molecule has 0 aliphatic heterocycles. The van der Waals surface area contributed by atoms with Crippen LogP contribution in [0.5, 0.6) is 0 Å². The zero-order valence-corrected chi connectivity index (χ0v) is 11.1. The Morgan fingerprint density at radius 3 is 2.07 bits per heavy atom. The molecule has 0 aliphatic rings. The number of esters is 1. The lowest BCUT2D eigenvalue weighted by Crippen LogP contribution is -2.26. The Morgan fingerprint density at radius 2 is 1.67 bits per heavy atom. The molecule has 0 unspecified atom stereocenters. The van der Waals surface area contributed by atoms with Crippen LogP contribution in [0.1, 0.15) is 13.8 Å². The Morgan fingerprint density at radius 1 is 1.13 bits per heavy atom. The van der Waals surface area contributed by atoms with Crippen LogP contribution in [0.3, 0.4) is 0 Å². The Bertz CT molecular complexity index is 230. The molecule has 0 radical (unpaired) electrons. The van der Waals surface area contributed by atoms with Crippen molar-refractivity contribution in [1.82, 2.24) is 0 Å². The van der Waals surface area contributed by atoms with Crippen molar-refractivity contribution in [3.8, 4) is 0 Å². The van der Waals surface area contributed by atoms with E-state index in [1.807, 2.05) is 26.6 Å². The molecule has 0 bridgehead atoms. The van der Waals surface area contributed by atoms with Gasteiger partial charge in [0.25, 0.3) is 5.95 Å². The molecule has 0 fully saturated rings. The van der Waals surface area contributed by atoms with Gasteiger partial charge in [0.2, 0.25) is 8.32 Å². The molecule has 15 heavy (non-hydrogen) atoms. The maximum atomic E-state index is 11.2. The number of carbonyl (C=O) groups is 1. The summed E-state index contributed by atoms with van der Waals surface area (Å²) in [6.07, 6.45) is 1.26. The van der Waals surface area contributed by atoms with E-state index in [4.69, 9.17) is 13.9 Å². The summed E-state index contributed by atoms with van der Waals surface area (Å²) in [7, 11) is -1.75. The van der Waals surface area contributed by atoms with Gasteiger partial charge in [0, 0.05) is 0 Å². The number of ether oxygens (including phenoxy) is 2. The molecule has 0 amide bonds. The van der Waals surface area contributed by atoms with E-state index in [-0.39, 0.29) is 5.95 Å². The molecule has 0 saturated heterocycles. The second-order valence-electron chi connectivity index (χ2n) is 3.86. The van der Waals surface area contributed by atoms with Crippen LogP contribution < -0.4 is 0 Å². The van der Waals surface area contributed by atoms with E-state index in [0.717, 1.165) is 0 Å². The summed E-state index contributed by atoms with van der Waals surface area (Å²) in [5.41, 5.74) is 0. The van der Waals surface area contributed by atoms with Crippen LogP contribution in [0.2, 0.25) is 19.6 Å². The highest BCUT2D eigenvalue weighted by molar-refractivity contribution is 6.70. The Labute approximate surface area is 92.3 Å². The van der Waals surface area contributed by atoms with Crippen LogP contribution >= 0.6 is 0 Å². The van der Waals surface area contributed by atoms with Crippen LogP contribution in [0.15, 0.2) is 12.0 Å². The second kappa shape index (κ2) is 6.50. The molecule has 5 heteroatoms. The maximum absolute atomic E-state index is 11.2. The molecule has 0 saturated carbocycles. The van der Waals surface area contributed by atoms with Crippen molar-refractivity contribution in [3.05, 3.63) is 12.0 Å². The highest BCUT2D eigenvalue weighted by atomic mass is 28.4. The number of rotatable bonds is 6. The highest BCUT2D eigenvalue weighted by Crippen LogP contribution is 2.11. The van der Waals surface area contributed by atoms with E-state index in [2.05, 4.69) is 0 Å². The molecule has 0 spiro atoms. The van der Waals surface area contributed by atoms with E-state index in [0.29, 0.717) is 13.2 Å². The molecule has 0 N–H and O–H groups in total. The first-order valence-electron chi connectivity index (χ1n) is 5.09. The Balaban J connectivity index is 4.43. The lowest BCUT2D eigenvalue weighted by atomic mass is 10.6. The standard InChI is InChI=1S/C10H20O4Si/c1-6-12-9(11)8-10(13-7-2)14-15(3,4)5/h8H,6-7H2,1-5H3/b10-8+. The fraction of sp³-hybridized carbons (Fsp3) is 0.700. The van der Waals surface area contributed by atoms with Gasteiger partial charge in [0.1, 0.15) is 6.08 Å². The predicted molar refractivity (Wildman–Crippen MR) is 60.8 cm³/mol. The average Bonchev–Trinajstić information content (AvgIpc) is 2.01. The fourth-order valence-electron chi connectivity index (χ4n) is 0.825. The van der Waals surface area contributed by atoms with E-state index in [9.17, 15) is 4.79 Å². The van der Waals surface area contributed by atoms with E-state index >= 15 is 0 Å². The monoisotopic (exact) mass is 232 g/mol. The van der Waals surface area contributed by atoms with Crippen LogP contribution in [0, 0.1) is 0 Å². The summed E-state index contributed by atoms with van der Waals surface area (Å²) in [6, 6.07) is 0. The molecule has 0 aromatic carbocycles. The molecule has 0 rings (SSSR count). The summed E-state index contributed by atoms with van der Waals surface area (Å²) < 4.78 is 15.6. The maximum Gasteiger partial charge on any atom is 0.337 e. The topological polar surface area (TPSA) is 44.8 Å². The second-order valence-corrected chi connectivity index (χ2v) is 8.29. The number of hydrogen-bond donors (Lipinski definition) is 0. The van der Waals surface area contributed by atoms with Gasteiger partial charge in [0.05, 0.1) is 13.2 Å². The molecule has 0 aliphatic carbocycles. The molecule has 88 valence electrons. The number of hydrogen-bond acceptors (Lipinski definition) is 4. The first-order valence-corrected chi connectivity index (χ1v) is 8.50. The molecule has 4 nitrogen and oxygen atoms in total. The van der Waals surface area contributed by atoms with Gasteiger partial charge in [-0.05, 0) is 33.5 Å². The van der Waals surface area contributed by atoms with Crippen LogP contribution in [0.4, 0.5) is 0 Å².